The number of hydrogen-bond acceptors (Lipinski definition) is 11. The number of anilines is 1. The van der Waals surface area contributed by atoms with Crippen LogP contribution in [0.3, 0.4) is 0 Å². The molecule has 5 rings (SSSR count). The average Bonchev–Trinajstić information content (AvgIpc) is 3.64. The van der Waals surface area contributed by atoms with E-state index in [1.807, 2.05) is 0 Å². The number of rotatable bonds is 13. The molecule has 0 spiro atoms. The molecule has 0 saturated carbocycles. The number of nitro groups is 1. The molecule has 2 aromatic carbocycles. The van der Waals surface area contributed by atoms with Gasteiger partial charge in [0.25, 0.3) is 5.69 Å². The van der Waals surface area contributed by atoms with Gasteiger partial charge in [0.2, 0.25) is 11.8 Å². The smallest absolute Gasteiger partial charge is 0.341 e. The van der Waals surface area contributed by atoms with E-state index in [-0.39, 0.29) is 37.1 Å². The van der Waals surface area contributed by atoms with Crippen molar-refractivity contribution in [3.05, 3.63) is 86.0 Å². The van der Waals surface area contributed by atoms with Crippen LogP contribution < -0.4 is 15.4 Å². The number of esters is 1. The SMILES string of the molecule is CCOC(=O)c1c(NC(=O)C(C)Sc2nnc(CNC(=O)Cc3ccc(OC)cc3)n2-c2ccc([N+](=O)[O-])cc2)sc2c1CCCC2. The number of carbonyl (C=O) groups is 3. The van der Waals surface area contributed by atoms with Crippen LogP contribution in [0.4, 0.5) is 10.7 Å². The van der Waals surface area contributed by atoms with Crippen LogP contribution in [0, 0.1) is 10.1 Å². The Morgan fingerprint density at radius 3 is 2.49 bits per heavy atom. The quantitative estimate of drug-likeness (QED) is 0.0822. The van der Waals surface area contributed by atoms with E-state index < -0.39 is 16.1 Å². The number of aryl methyl sites for hydroxylation is 1. The number of hydrogen-bond donors (Lipinski definition) is 2. The average molecular weight is 679 g/mol. The Labute approximate surface area is 279 Å². The first-order valence-corrected chi connectivity index (χ1v) is 16.8. The number of aromatic nitrogens is 3. The lowest BCUT2D eigenvalue weighted by Crippen LogP contribution is -2.26. The first-order valence-electron chi connectivity index (χ1n) is 15.1. The van der Waals surface area contributed by atoms with Crippen LogP contribution in [0.25, 0.3) is 5.69 Å². The summed E-state index contributed by atoms with van der Waals surface area (Å²) >= 11 is 2.54. The third-order valence-electron chi connectivity index (χ3n) is 7.53. The van der Waals surface area contributed by atoms with E-state index in [9.17, 15) is 24.5 Å². The molecule has 1 aliphatic carbocycles. The number of thioether (sulfide) groups is 1. The zero-order valence-electron chi connectivity index (χ0n) is 26.1. The topological polar surface area (TPSA) is 168 Å². The van der Waals surface area contributed by atoms with Crippen molar-refractivity contribution >= 4 is 51.6 Å². The predicted molar refractivity (Wildman–Crippen MR) is 177 cm³/mol. The molecule has 2 heterocycles. The number of carbonyl (C=O) groups excluding carboxylic acids is 3. The van der Waals surface area contributed by atoms with Crippen LogP contribution in [0.15, 0.2) is 53.7 Å². The maximum absolute atomic E-state index is 13.5. The molecule has 0 aliphatic heterocycles. The summed E-state index contributed by atoms with van der Waals surface area (Å²) in [5.74, 6) is 0.0251. The van der Waals surface area contributed by atoms with Crippen LogP contribution in [0.5, 0.6) is 5.75 Å². The summed E-state index contributed by atoms with van der Waals surface area (Å²) in [5.41, 5.74) is 2.61. The molecule has 1 aliphatic rings. The van der Waals surface area contributed by atoms with Gasteiger partial charge in [-0.3, -0.25) is 24.3 Å². The van der Waals surface area contributed by atoms with Gasteiger partial charge in [-0.1, -0.05) is 23.9 Å². The fourth-order valence-corrected chi connectivity index (χ4v) is 7.31. The summed E-state index contributed by atoms with van der Waals surface area (Å²) in [7, 11) is 1.57. The van der Waals surface area contributed by atoms with Gasteiger partial charge >= 0.3 is 5.97 Å². The second-order valence-corrected chi connectivity index (χ2v) is 13.1. The number of nitro benzene ring substituents is 1. The van der Waals surface area contributed by atoms with Crippen molar-refractivity contribution in [1.29, 1.82) is 0 Å². The summed E-state index contributed by atoms with van der Waals surface area (Å²) in [6.45, 7) is 3.70. The monoisotopic (exact) mass is 678 g/mol. The second-order valence-electron chi connectivity index (χ2n) is 10.7. The summed E-state index contributed by atoms with van der Waals surface area (Å²) in [6.07, 6.45) is 3.74. The van der Waals surface area contributed by atoms with Crippen molar-refractivity contribution in [2.24, 2.45) is 0 Å². The van der Waals surface area contributed by atoms with Gasteiger partial charge in [-0.05, 0) is 74.9 Å². The number of benzene rings is 2. The highest BCUT2D eigenvalue weighted by molar-refractivity contribution is 8.00. The molecule has 2 N–H and O–H groups in total. The number of nitrogens with zero attached hydrogens (tertiary/aromatic N) is 4. The molecule has 2 aromatic heterocycles. The van der Waals surface area contributed by atoms with Crippen LogP contribution in [0.2, 0.25) is 0 Å². The number of ether oxygens (including phenoxy) is 2. The van der Waals surface area contributed by atoms with Gasteiger partial charge in [-0.25, -0.2) is 4.79 Å². The van der Waals surface area contributed by atoms with Crippen LogP contribution >= 0.6 is 23.1 Å². The number of amides is 2. The molecule has 15 heteroatoms. The van der Waals surface area contributed by atoms with E-state index in [1.54, 1.807) is 61.9 Å². The Kier molecular flexibility index (Phi) is 10.9. The van der Waals surface area contributed by atoms with Crippen LogP contribution in [0.1, 0.15) is 58.9 Å². The molecule has 13 nitrogen and oxygen atoms in total. The lowest BCUT2D eigenvalue weighted by atomic mass is 9.95. The molecule has 1 atom stereocenters. The normalized spacial score (nSPS) is 12.9. The minimum Gasteiger partial charge on any atom is -0.497 e. The lowest BCUT2D eigenvalue weighted by Gasteiger charge is -2.15. The highest BCUT2D eigenvalue weighted by Gasteiger charge is 2.29. The van der Waals surface area contributed by atoms with E-state index in [1.165, 1.54) is 23.5 Å². The number of non-ortho nitro benzene ring substituents is 1. The van der Waals surface area contributed by atoms with Crippen molar-refractivity contribution in [2.75, 3.05) is 19.0 Å². The van der Waals surface area contributed by atoms with Gasteiger partial charge in [0.1, 0.15) is 10.8 Å². The molecule has 47 heavy (non-hydrogen) atoms. The molecule has 4 aromatic rings. The van der Waals surface area contributed by atoms with Gasteiger partial charge in [0, 0.05) is 22.7 Å². The zero-order valence-corrected chi connectivity index (χ0v) is 27.7. The van der Waals surface area contributed by atoms with Crippen molar-refractivity contribution in [3.8, 4) is 11.4 Å². The second kappa shape index (κ2) is 15.2. The Morgan fingerprint density at radius 1 is 1.09 bits per heavy atom. The standard InChI is InChI=1S/C32H34N6O7S2/c1-4-45-31(41)28-24-7-5-6-8-25(24)47-30(28)34-29(40)19(2)46-32-36-35-26(37(32)21-11-13-22(14-12-21)38(42)43)18-33-27(39)17-20-9-15-23(44-3)16-10-20/h9-16,19H,4-8,17-18H2,1-3H3,(H,33,39)(H,34,40). The van der Waals surface area contributed by atoms with Gasteiger partial charge < -0.3 is 20.1 Å². The van der Waals surface area contributed by atoms with Crippen LogP contribution in [-0.4, -0.2) is 56.4 Å². The molecule has 1 unspecified atom stereocenters. The van der Waals surface area contributed by atoms with E-state index in [4.69, 9.17) is 9.47 Å². The van der Waals surface area contributed by atoms with E-state index in [0.29, 0.717) is 33.0 Å². The molecule has 2 amide bonds. The fourth-order valence-electron chi connectivity index (χ4n) is 5.14. The first-order chi connectivity index (χ1) is 22.7. The van der Waals surface area contributed by atoms with Crippen molar-refractivity contribution in [1.82, 2.24) is 20.1 Å². The molecular weight excluding hydrogens is 645 g/mol. The van der Waals surface area contributed by atoms with E-state index >= 15 is 0 Å². The van der Waals surface area contributed by atoms with Gasteiger partial charge in [0.05, 0.1) is 42.4 Å². The minimum atomic E-state index is -0.678. The molecule has 0 fully saturated rings. The first kappa shape index (κ1) is 33.6. The number of fused-ring (bicyclic) bond motifs is 1. The summed E-state index contributed by atoms with van der Waals surface area (Å²) in [5, 5.41) is 25.8. The molecule has 0 bridgehead atoms. The number of methoxy groups -OCH3 is 1. The van der Waals surface area contributed by atoms with E-state index in [0.717, 1.165) is 53.4 Å². The zero-order chi connectivity index (χ0) is 33.5. The lowest BCUT2D eigenvalue weighted by molar-refractivity contribution is -0.384. The Hall–Kier alpha value is -4.76. The fraction of sp³-hybridized carbons (Fsp3) is 0.344. The Bertz CT molecular complexity index is 1770. The Morgan fingerprint density at radius 2 is 1.81 bits per heavy atom. The highest BCUT2D eigenvalue weighted by Crippen LogP contribution is 2.39. The van der Waals surface area contributed by atoms with Crippen molar-refractivity contribution < 1.29 is 28.8 Å². The van der Waals surface area contributed by atoms with Crippen molar-refractivity contribution in [3.63, 3.8) is 0 Å². The third-order valence-corrected chi connectivity index (χ3v) is 9.78. The van der Waals surface area contributed by atoms with E-state index in [2.05, 4.69) is 20.8 Å². The highest BCUT2D eigenvalue weighted by atomic mass is 32.2. The van der Waals surface area contributed by atoms with Gasteiger partial charge in [0.15, 0.2) is 11.0 Å². The predicted octanol–water partition coefficient (Wildman–Crippen LogP) is 5.28. The Balaban J connectivity index is 1.35. The summed E-state index contributed by atoms with van der Waals surface area (Å²) in [4.78, 5) is 51.0. The largest absolute Gasteiger partial charge is 0.497 e. The molecule has 0 saturated heterocycles. The van der Waals surface area contributed by atoms with Gasteiger partial charge in [-0.15, -0.1) is 21.5 Å². The number of thiophene rings is 1. The van der Waals surface area contributed by atoms with Crippen molar-refractivity contribution in [2.45, 2.75) is 62.9 Å². The van der Waals surface area contributed by atoms with Gasteiger partial charge in [-0.2, -0.15) is 0 Å². The molecule has 246 valence electrons. The molecule has 0 radical (unpaired) electrons. The summed E-state index contributed by atoms with van der Waals surface area (Å²) in [6, 6.07) is 13.0. The third kappa shape index (κ3) is 7.97. The maximum atomic E-state index is 13.5. The molecular formula is C32H34N6O7S2. The number of nitrogens with one attached hydrogen (secondary N) is 2. The minimum absolute atomic E-state index is 0.0176. The summed E-state index contributed by atoms with van der Waals surface area (Å²) < 4.78 is 12.1. The maximum Gasteiger partial charge on any atom is 0.341 e. The van der Waals surface area contributed by atoms with Crippen LogP contribution in [-0.2, 0) is 40.1 Å².